The SMILES string of the molecule is CCN1CCCC1=NC(=O)Nc1c(C)cccc1C. The fourth-order valence-corrected chi connectivity index (χ4v) is 2.45. The van der Waals surface area contributed by atoms with E-state index in [2.05, 4.69) is 22.1 Å². The van der Waals surface area contributed by atoms with E-state index in [-0.39, 0.29) is 6.03 Å². The first kappa shape index (κ1) is 13.6. The number of amides is 2. The predicted molar refractivity (Wildman–Crippen MR) is 78.9 cm³/mol. The van der Waals surface area contributed by atoms with Crippen molar-refractivity contribution >= 4 is 17.6 Å². The molecule has 1 fully saturated rings. The molecule has 4 nitrogen and oxygen atoms in total. The van der Waals surface area contributed by atoms with Gasteiger partial charge in [0.1, 0.15) is 5.84 Å². The van der Waals surface area contributed by atoms with Gasteiger partial charge in [-0.25, -0.2) is 4.79 Å². The maximum absolute atomic E-state index is 12.0. The lowest BCUT2D eigenvalue weighted by Crippen LogP contribution is -2.26. The van der Waals surface area contributed by atoms with Crippen LogP contribution in [0, 0.1) is 13.8 Å². The van der Waals surface area contributed by atoms with Crippen LogP contribution in [-0.2, 0) is 0 Å². The number of nitrogens with one attached hydrogen (secondary N) is 1. The molecule has 1 N–H and O–H groups in total. The number of hydrogen-bond acceptors (Lipinski definition) is 1. The molecule has 1 saturated heterocycles. The smallest absolute Gasteiger partial charge is 0.347 e. The summed E-state index contributed by atoms with van der Waals surface area (Å²) in [6.07, 6.45) is 1.98. The first-order valence-corrected chi connectivity index (χ1v) is 6.81. The van der Waals surface area contributed by atoms with E-state index >= 15 is 0 Å². The van der Waals surface area contributed by atoms with E-state index in [1.807, 2.05) is 32.0 Å². The third kappa shape index (κ3) is 3.13. The normalized spacial score (nSPS) is 17.0. The summed E-state index contributed by atoms with van der Waals surface area (Å²) >= 11 is 0. The number of carbonyl (C=O) groups is 1. The molecule has 0 spiro atoms. The summed E-state index contributed by atoms with van der Waals surface area (Å²) in [5.74, 6) is 0.909. The number of nitrogens with zero attached hydrogens (tertiary/aromatic N) is 2. The molecule has 1 heterocycles. The summed E-state index contributed by atoms with van der Waals surface area (Å²) in [5, 5.41) is 2.90. The van der Waals surface area contributed by atoms with Crippen LogP contribution in [0.2, 0.25) is 0 Å². The fourth-order valence-electron chi connectivity index (χ4n) is 2.45. The Kier molecular flexibility index (Phi) is 4.20. The van der Waals surface area contributed by atoms with E-state index in [0.29, 0.717) is 0 Å². The van der Waals surface area contributed by atoms with Crippen LogP contribution in [-0.4, -0.2) is 29.9 Å². The Morgan fingerprint density at radius 2 is 2.05 bits per heavy atom. The highest BCUT2D eigenvalue weighted by Gasteiger charge is 2.18. The molecule has 102 valence electrons. The van der Waals surface area contributed by atoms with Gasteiger partial charge in [0.15, 0.2) is 0 Å². The number of anilines is 1. The van der Waals surface area contributed by atoms with Gasteiger partial charge < -0.3 is 10.2 Å². The van der Waals surface area contributed by atoms with Gasteiger partial charge in [-0.05, 0) is 38.3 Å². The van der Waals surface area contributed by atoms with Crippen LogP contribution in [0.1, 0.15) is 30.9 Å². The number of amidine groups is 1. The molecule has 1 aromatic rings. The van der Waals surface area contributed by atoms with Crippen LogP contribution >= 0.6 is 0 Å². The van der Waals surface area contributed by atoms with Crippen molar-refractivity contribution in [3.63, 3.8) is 0 Å². The highest BCUT2D eigenvalue weighted by atomic mass is 16.2. The Morgan fingerprint density at radius 1 is 1.37 bits per heavy atom. The lowest BCUT2D eigenvalue weighted by molar-refractivity contribution is 0.259. The van der Waals surface area contributed by atoms with Gasteiger partial charge in [-0.3, -0.25) is 0 Å². The topological polar surface area (TPSA) is 44.7 Å². The average Bonchev–Trinajstić information content (AvgIpc) is 2.81. The van der Waals surface area contributed by atoms with Gasteiger partial charge >= 0.3 is 6.03 Å². The summed E-state index contributed by atoms with van der Waals surface area (Å²) in [6.45, 7) is 7.99. The molecule has 19 heavy (non-hydrogen) atoms. The first-order valence-electron chi connectivity index (χ1n) is 6.81. The number of benzene rings is 1. The second kappa shape index (κ2) is 5.87. The van der Waals surface area contributed by atoms with Gasteiger partial charge in [-0.2, -0.15) is 4.99 Å². The molecule has 1 aliphatic rings. The molecule has 0 aliphatic carbocycles. The third-order valence-corrected chi connectivity index (χ3v) is 3.52. The quantitative estimate of drug-likeness (QED) is 0.885. The summed E-state index contributed by atoms with van der Waals surface area (Å²) < 4.78 is 0. The number of carbonyl (C=O) groups excluding carboxylic acids is 1. The monoisotopic (exact) mass is 259 g/mol. The number of aliphatic imine (C=N–C) groups is 1. The van der Waals surface area contributed by atoms with Gasteiger partial charge in [-0.15, -0.1) is 0 Å². The van der Waals surface area contributed by atoms with E-state index in [9.17, 15) is 4.79 Å². The molecule has 0 aromatic heterocycles. The van der Waals surface area contributed by atoms with E-state index in [1.165, 1.54) is 0 Å². The Morgan fingerprint density at radius 3 is 2.68 bits per heavy atom. The summed E-state index contributed by atoms with van der Waals surface area (Å²) in [7, 11) is 0. The Labute approximate surface area is 114 Å². The van der Waals surface area contributed by atoms with Crippen LogP contribution in [0.25, 0.3) is 0 Å². The highest BCUT2D eigenvalue weighted by Crippen LogP contribution is 2.20. The lowest BCUT2D eigenvalue weighted by Gasteiger charge is -2.16. The zero-order chi connectivity index (χ0) is 13.8. The molecule has 0 radical (unpaired) electrons. The van der Waals surface area contributed by atoms with Crippen LogP contribution in [0.5, 0.6) is 0 Å². The van der Waals surface area contributed by atoms with E-state index < -0.39 is 0 Å². The number of para-hydroxylation sites is 1. The maximum atomic E-state index is 12.0. The summed E-state index contributed by atoms with van der Waals surface area (Å²) in [4.78, 5) is 18.4. The van der Waals surface area contributed by atoms with Crippen LogP contribution < -0.4 is 5.32 Å². The molecule has 0 unspecified atom stereocenters. The minimum absolute atomic E-state index is 0.271. The van der Waals surface area contributed by atoms with Gasteiger partial charge in [0.05, 0.1) is 0 Å². The number of hydrogen-bond donors (Lipinski definition) is 1. The largest absolute Gasteiger partial charge is 0.360 e. The van der Waals surface area contributed by atoms with E-state index in [4.69, 9.17) is 0 Å². The molecule has 0 bridgehead atoms. The number of likely N-dealkylation sites (tertiary alicyclic amines) is 1. The number of rotatable bonds is 2. The minimum atomic E-state index is -0.271. The van der Waals surface area contributed by atoms with Crippen molar-refractivity contribution in [2.45, 2.75) is 33.6 Å². The zero-order valence-electron chi connectivity index (χ0n) is 11.9. The molecular weight excluding hydrogens is 238 g/mol. The van der Waals surface area contributed by atoms with Crippen molar-refractivity contribution in [2.24, 2.45) is 4.99 Å². The first-order chi connectivity index (χ1) is 9.11. The lowest BCUT2D eigenvalue weighted by atomic mass is 10.1. The summed E-state index contributed by atoms with van der Waals surface area (Å²) in [6, 6.07) is 5.70. The van der Waals surface area contributed by atoms with Gasteiger partial charge in [0.25, 0.3) is 0 Å². The van der Waals surface area contributed by atoms with Crippen molar-refractivity contribution in [1.29, 1.82) is 0 Å². The van der Waals surface area contributed by atoms with Gasteiger partial charge in [0.2, 0.25) is 0 Å². The predicted octanol–water partition coefficient (Wildman–Crippen LogP) is 3.35. The van der Waals surface area contributed by atoms with Gasteiger partial charge in [-0.1, -0.05) is 18.2 Å². The van der Waals surface area contributed by atoms with Crippen molar-refractivity contribution < 1.29 is 4.79 Å². The highest BCUT2D eigenvalue weighted by molar-refractivity contribution is 6.01. The number of urea groups is 1. The van der Waals surface area contributed by atoms with Crippen molar-refractivity contribution in [3.8, 4) is 0 Å². The van der Waals surface area contributed by atoms with Gasteiger partial charge in [0, 0.05) is 25.2 Å². The molecule has 2 rings (SSSR count). The molecule has 4 heteroatoms. The average molecular weight is 259 g/mol. The van der Waals surface area contributed by atoms with E-state index in [1.54, 1.807) is 0 Å². The van der Waals surface area contributed by atoms with E-state index in [0.717, 1.165) is 48.6 Å². The number of aryl methyl sites for hydroxylation is 2. The fraction of sp³-hybridized carbons (Fsp3) is 0.467. The molecule has 0 atom stereocenters. The second-order valence-electron chi connectivity index (χ2n) is 4.91. The van der Waals surface area contributed by atoms with Crippen molar-refractivity contribution in [2.75, 3.05) is 18.4 Å². The Bertz CT molecular complexity index is 488. The molecule has 0 saturated carbocycles. The molecule has 2 amide bonds. The molecule has 1 aromatic carbocycles. The van der Waals surface area contributed by atoms with Crippen LogP contribution in [0.4, 0.5) is 10.5 Å². The standard InChI is InChI=1S/C15H21N3O/c1-4-18-10-6-9-13(18)16-15(19)17-14-11(2)7-5-8-12(14)3/h5,7-8H,4,6,9-10H2,1-3H3,(H,17,19). The Balaban J connectivity index is 2.11. The minimum Gasteiger partial charge on any atom is -0.360 e. The molecule has 1 aliphatic heterocycles. The van der Waals surface area contributed by atoms with Crippen LogP contribution in [0.3, 0.4) is 0 Å². The maximum Gasteiger partial charge on any atom is 0.347 e. The van der Waals surface area contributed by atoms with Crippen LogP contribution in [0.15, 0.2) is 23.2 Å². The summed E-state index contributed by atoms with van der Waals surface area (Å²) in [5.41, 5.74) is 3.00. The van der Waals surface area contributed by atoms with Crippen molar-refractivity contribution in [1.82, 2.24) is 4.90 Å². The third-order valence-electron chi connectivity index (χ3n) is 3.52. The second-order valence-corrected chi connectivity index (χ2v) is 4.91. The molecular formula is C15H21N3O. The zero-order valence-corrected chi connectivity index (χ0v) is 11.9. The van der Waals surface area contributed by atoms with Crippen molar-refractivity contribution in [3.05, 3.63) is 29.3 Å². The Hall–Kier alpha value is -1.84.